The molecule has 37 valence electrons. The van der Waals surface area contributed by atoms with E-state index in [4.69, 9.17) is 9.79 Å². The first kappa shape index (κ1) is 6.15. The summed E-state index contributed by atoms with van der Waals surface area (Å²) in [7, 11) is -3.77. The Labute approximate surface area is 36.2 Å². The van der Waals surface area contributed by atoms with E-state index in [1.165, 1.54) is 6.92 Å². The molecule has 0 bridgehead atoms. The molecule has 0 aromatic rings. The van der Waals surface area contributed by atoms with Crippen LogP contribution in [0.25, 0.3) is 0 Å². The summed E-state index contributed by atoms with van der Waals surface area (Å²) < 4.78 is 9.64. The molecule has 3 nitrogen and oxygen atoms in total. The first-order valence-corrected chi connectivity index (χ1v) is 3.10. The molecule has 0 aliphatic carbocycles. The normalized spacial score (nSPS) is 11.8. The molecule has 0 aliphatic heterocycles. The molecule has 0 unspecified atom stereocenters. The smallest absolute Gasteiger partial charge is 0.324 e. The van der Waals surface area contributed by atoms with Crippen molar-refractivity contribution in [2.24, 2.45) is 0 Å². The molecule has 0 fully saturated rings. The lowest BCUT2D eigenvalue weighted by molar-refractivity contribution is 0.381. The minimum Gasteiger partial charge on any atom is -0.324 e. The maximum Gasteiger partial charge on any atom is 0.329 e. The van der Waals surface area contributed by atoms with E-state index in [-0.39, 0.29) is 0 Å². The van der Waals surface area contributed by atoms with E-state index in [1.807, 2.05) is 0 Å². The van der Waals surface area contributed by atoms with E-state index in [2.05, 4.69) is 0 Å². The van der Waals surface area contributed by atoms with E-state index < -0.39 is 7.60 Å². The van der Waals surface area contributed by atoms with Crippen molar-refractivity contribution in [1.29, 1.82) is 0 Å². The largest absolute Gasteiger partial charge is 0.329 e. The van der Waals surface area contributed by atoms with E-state index in [0.717, 1.165) is 6.16 Å². The summed E-state index contributed by atoms with van der Waals surface area (Å²) in [5.74, 6) is 0. The summed E-state index contributed by atoms with van der Waals surface area (Å²) in [6, 6.07) is 0. The second-order valence-electron chi connectivity index (χ2n) is 0.847. The lowest BCUT2D eigenvalue weighted by Gasteiger charge is -1.92. The Kier molecular flexibility index (Phi) is 1.78. The van der Waals surface area contributed by atoms with E-state index in [0.29, 0.717) is 0 Å². The number of hydrogen-bond donors (Lipinski definition) is 2. The molecule has 0 aromatic carbocycles. The molecular formula is C2H6O3P. The Balaban J connectivity index is 3.48. The highest BCUT2D eigenvalue weighted by atomic mass is 31.2. The summed E-state index contributed by atoms with van der Waals surface area (Å²) in [4.78, 5) is 15.8. The van der Waals surface area contributed by atoms with Gasteiger partial charge in [-0.1, -0.05) is 6.92 Å². The highest BCUT2D eigenvalue weighted by molar-refractivity contribution is 7.54. The van der Waals surface area contributed by atoms with Crippen LogP contribution < -0.4 is 0 Å². The van der Waals surface area contributed by atoms with Gasteiger partial charge in [0.2, 0.25) is 0 Å². The van der Waals surface area contributed by atoms with Gasteiger partial charge in [0, 0.05) is 0 Å². The van der Waals surface area contributed by atoms with Gasteiger partial charge in [-0.15, -0.1) is 0 Å². The van der Waals surface area contributed by atoms with Crippen molar-refractivity contribution in [3.63, 3.8) is 0 Å². The second kappa shape index (κ2) is 1.73. The zero-order valence-electron chi connectivity index (χ0n) is 3.33. The van der Waals surface area contributed by atoms with Gasteiger partial charge in [-0.25, -0.2) is 0 Å². The highest BCUT2D eigenvalue weighted by Gasteiger charge is 2.05. The predicted molar refractivity (Wildman–Crippen MR) is 22.0 cm³/mol. The molecule has 0 atom stereocenters. The molecule has 0 aliphatic rings. The monoisotopic (exact) mass is 109 g/mol. The Hall–Kier alpha value is 0.150. The van der Waals surface area contributed by atoms with Crippen LogP contribution >= 0.6 is 7.60 Å². The Bertz CT molecular complexity index is 72.9. The van der Waals surface area contributed by atoms with Gasteiger partial charge in [0.15, 0.2) is 0 Å². The molecule has 0 aromatic heterocycles. The fraction of sp³-hybridized carbons (Fsp3) is 0.500. The Morgan fingerprint density at radius 2 is 1.83 bits per heavy atom. The van der Waals surface area contributed by atoms with Gasteiger partial charge in [0.1, 0.15) is 0 Å². The van der Waals surface area contributed by atoms with Crippen LogP contribution in [0.2, 0.25) is 0 Å². The molecule has 0 amide bonds. The molecule has 6 heavy (non-hydrogen) atoms. The van der Waals surface area contributed by atoms with Gasteiger partial charge in [0.25, 0.3) is 0 Å². The van der Waals surface area contributed by atoms with Crippen LogP contribution in [-0.4, -0.2) is 9.79 Å². The van der Waals surface area contributed by atoms with Gasteiger partial charge < -0.3 is 9.79 Å². The second-order valence-corrected chi connectivity index (χ2v) is 2.54. The van der Waals surface area contributed by atoms with Crippen LogP contribution in [0.1, 0.15) is 6.92 Å². The van der Waals surface area contributed by atoms with Crippen molar-refractivity contribution in [1.82, 2.24) is 0 Å². The summed E-state index contributed by atoms with van der Waals surface area (Å²) >= 11 is 0. The van der Waals surface area contributed by atoms with Crippen molar-refractivity contribution >= 4 is 7.60 Å². The number of hydrogen-bond acceptors (Lipinski definition) is 1. The van der Waals surface area contributed by atoms with Crippen LogP contribution in [0.4, 0.5) is 0 Å². The van der Waals surface area contributed by atoms with Crippen LogP contribution in [-0.2, 0) is 4.57 Å². The van der Waals surface area contributed by atoms with Crippen LogP contribution in [0.5, 0.6) is 0 Å². The van der Waals surface area contributed by atoms with Crippen molar-refractivity contribution in [2.45, 2.75) is 6.92 Å². The average Bonchev–Trinajstić information content (AvgIpc) is 1.35. The molecule has 0 rings (SSSR count). The van der Waals surface area contributed by atoms with Crippen molar-refractivity contribution < 1.29 is 14.4 Å². The summed E-state index contributed by atoms with van der Waals surface area (Å²) in [5.41, 5.74) is 0. The van der Waals surface area contributed by atoms with E-state index >= 15 is 0 Å². The van der Waals surface area contributed by atoms with Gasteiger partial charge in [0.05, 0.1) is 6.16 Å². The Morgan fingerprint density at radius 1 is 1.67 bits per heavy atom. The van der Waals surface area contributed by atoms with Crippen molar-refractivity contribution in [3.05, 3.63) is 6.16 Å². The van der Waals surface area contributed by atoms with Gasteiger partial charge in [-0.05, 0) is 0 Å². The minimum atomic E-state index is -3.77. The topological polar surface area (TPSA) is 57.5 Å². The SMILES string of the molecule is C[CH]P(=O)(O)O. The van der Waals surface area contributed by atoms with Gasteiger partial charge in [-0.3, -0.25) is 4.57 Å². The fourth-order valence-electron chi connectivity index (χ4n) is 0. The van der Waals surface area contributed by atoms with Crippen LogP contribution in [0.15, 0.2) is 0 Å². The molecule has 0 saturated heterocycles. The zero-order valence-corrected chi connectivity index (χ0v) is 4.22. The molecule has 4 heteroatoms. The lowest BCUT2D eigenvalue weighted by atomic mass is 11.0. The summed E-state index contributed by atoms with van der Waals surface area (Å²) in [5, 5.41) is 0. The fourth-order valence-corrected chi connectivity index (χ4v) is 0. The maximum absolute atomic E-state index is 9.64. The first-order chi connectivity index (χ1) is 2.56. The molecule has 2 N–H and O–H groups in total. The van der Waals surface area contributed by atoms with Crippen molar-refractivity contribution in [2.75, 3.05) is 0 Å². The lowest BCUT2D eigenvalue weighted by Crippen LogP contribution is -1.69. The molecule has 1 radical (unpaired) electrons. The van der Waals surface area contributed by atoms with Crippen LogP contribution in [0, 0.1) is 6.16 Å². The average molecular weight is 109 g/mol. The van der Waals surface area contributed by atoms with Gasteiger partial charge in [-0.2, -0.15) is 0 Å². The highest BCUT2D eigenvalue weighted by Crippen LogP contribution is 2.36. The van der Waals surface area contributed by atoms with E-state index in [9.17, 15) is 4.57 Å². The predicted octanol–water partition coefficient (Wildman–Crippen LogP) is 0.346. The van der Waals surface area contributed by atoms with Gasteiger partial charge >= 0.3 is 7.60 Å². The third-order valence-electron chi connectivity index (χ3n) is 0.336. The minimum absolute atomic E-state index is 0.854. The maximum atomic E-state index is 9.64. The molecule has 0 heterocycles. The van der Waals surface area contributed by atoms with Crippen LogP contribution in [0.3, 0.4) is 0 Å². The standard InChI is InChI=1S/C2H6O3P/c1-2-6(3,4)5/h2H,1H3,(H2,3,4,5). The zero-order chi connectivity index (χ0) is 5.21. The molecular weight excluding hydrogens is 103 g/mol. The third kappa shape index (κ3) is 4.15. The molecule has 0 saturated carbocycles. The van der Waals surface area contributed by atoms with Crippen molar-refractivity contribution in [3.8, 4) is 0 Å². The summed E-state index contributed by atoms with van der Waals surface area (Å²) in [6.07, 6.45) is 0.854. The third-order valence-corrected chi connectivity index (χ3v) is 1.01. The quantitative estimate of drug-likeness (QED) is 0.477. The Morgan fingerprint density at radius 3 is 1.83 bits per heavy atom. The first-order valence-electron chi connectivity index (χ1n) is 1.42. The number of rotatable bonds is 1. The molecule has 0 spiro atoms. The summed E-state index contributed by atoms with van der Waals surface area (Å²) in [6.45, 7) is 1.32. The van der Waals surface area contributed by atoms with E-state index in [1.54, 1.807) is 0 Å².